The van der Waals surface area contributed by atoms with Gasteiger partial charge in [0.25, 0.3) is 0 Å². The number of nitrogens with one attached hydrogen (secondary N) is 1. The summed E-state index contributed by atoms with van der Waals surface area (Å²) in [7, 11) is 0. The summed E-state index contributed by atoms with van der Waals surface area (Å²) in [5.41, 5.74) is 4.34. The zero-order valence-electron chi connectivity index (χ0n) is 20.8. The number of hydrogen-bond donors (Lipinski definition) is 1. The van der Waals surface area contributed by atoms with Crippen molar-refractivity contribution in [2.24, 2.45) is 5.92 Å². The van der Waals surface area contributed by atoms with Gasteiger partial charge in [0, 0.05) is 50.4 Å². The monoisotopic (exact) mass is 465 g/mol. The Morgan fingerprint density at radius 2 is 1.71 bits per heavy atom. The van der Waals surface area contributed by atoms with E-state index >= 15 is 0 Å². The topological polar surface area (TPSA) is 70.5 Å². The number of nitrogens with zero attached hydrogens (tertiary/aromatic N) is 4. The Morgan fingerprint density at radius 1 is 1.00 bits per heavy atom. The Hall–Kier alpha value is -2.67. The summed E-state index contributed by atoms with van der Waals surface area (Å²) < 4.78 is 2.01. The fraction of sp³-hybridized carbons (Fsp3) is 0.593. The molecule has 2 amide bonds. The molecular formula is C27H39N5O2. The summed E-state index contributed by atoms with van der Waals surface area (Å²) in [6.45, 7) is 8.63. The van der Waals surface area contributed by atoms with Gasteiger partial charge in [0.2, 0.25) is 11.8 Å². The fourth-order valence-corrected chi connectivity index (χ4v) is 5.27. The lowest BCUT2D eigenvalue weighted by atomic mass is 9.86. The summed E-state index contributed by atoms with van der Waals surface area (Å²) in [5.74, 6) is 0.903. The van der Waals surface area contributed by atoms with Crippen LogP contribution in [-0.4, -0.2) is 64.1 Å². The molecular weight excluding hydrogens is 426 g/mol. The second-order valence-electron chi connectivity index (χ2n) is 9.93. The lowest BCUT2D eigenvalue weighted by molar-refractivity contribution is -0.134. The Bertz CT molecular complexity index is 957. The van der Waals surface area contributed by atoms with Gasteiger partial charge < -0.3 is 10.2 Å². The van der Waals surface area contributed by atoms with Crippen LogP contribution in [0.5, 0.6) is 0 Å². The van der Waals surface area contributed by atoms with E-state index in [9.17, 15) is 9.59 Å². The Labute approximate surface area is 203 Å². The minimum Gasteiger partial charge on any atom is -0.351 e. The van der Waals surface area contributed by atoms with E-state index in [2.05, 4.69) is 34.4 Å². The quantitative estimate of drug-likeness (QED) is 0.650. The second-order valence-corrected chi connectivity index (χ2v) is 9.93. The highest BCUT2D eigenvalue weighted by Crippen LogP contribution is 2.27. The fourth-order valence-electron chi connectivity index (χ4n) is 5.27. The Balaban J connectivity index is 1.20. The molecule has 2 aliphatic rings. The summed E-state index contributed by atoms with van der Waals surface area (Å²) in [4.78, 5) is 29.4. The highest BCUT2D eigenvalue weighted by molar-refractivity contribution is 5.78. The molecule has 0 unspecified atom stereocenters. The van der Waals surface area contributed by atoms with Gasteiger partial charge in [-0.2, -0.15) is 5.10 Å². The maximum absolute atomic E-state index is 12.7. The van der Waals surface area contributed by atoms with Crippen LogP contribution in [0.2, 0.25) is 0 Å². The smallest absolute Gasteiger partial charge is 0.234 e. The average molecular weight is 466 g/mol. The van der Waals surface area contributed by atoms with Crippen molar-refractivity contribution in [3.8, 4) is 0 Å². The van der Waals surface area contributed by atoms with Gasteiger partial charge >= 0.3 is 0 Å². The molecule has 0 spiro atoms. The largest absolute Gasteiger partial charge is 0.351 e. The number of amides is 2. The molecule has 0 bridgehead atoms. The highest BCUT2D eigenvalue weighted by atomic mass is 16.2. The molecule has 1 aromatic carbocycles. The van der Waals surface area contributed by atoms with Crippen LogP contribution >= 0.6 is 0 Å². The van der Waals surface area contributed by atoms with Crippen LogP contribution < -0.4 is 5.32 Å². The molecule has 1 aromatic heterocycles. The summed E-state index contributed by atoms with van der Waals surface area (Å²) in [6.07, 6.45) is 6.98. The first-order valence-corrected chi connectivity index (χ1v) is 12.8. The second kappa shape index (κ2) is 11.6. The van der Waals surface area contributed by atoms with Crippen LogP contribution in [0.25, 0.3) is 0 Å². The third-order valence-corrected chi connectivity index (χ3v) is 7.45. The van der Waals surface area contributed by atoms with Crippen molar-refractivity contribution in [2.75, 3.05) is 32.7 Å². The minimum atomic E-state index is 0.0246. The third-order valence-electron chi connectivity index (χ3n) is 7.45. The van der Waals surface area contributed by atoms with E-state index in [4.69, 9.17) is 0 Å². The summed E-state index contributed by atoms with van der Waals surface area (Å²) >= 11 is 0. The van der Waals surface area contributed by atoms with Gasteiger partial charge in [0.1, 0.15) is 0 Å². The van der Waals surface area contributed by atoms with Crippen molar-refractivity contribution in [3.63, 3.8) is 0 Å². The van der Waals surface area contributed by atoms with E-state index in [1.807, 2.05) is 34.7 Å². The van der Waals surface area contributed by atoms with Crippen molar-refractivity contribution < 1.29 is 9.59 Å². The summed E-state index contributed by atoms with van der Waals surface area (Å²) in [5, 5.41) is 7.76. The highest BCUT2D eigenvalue weighted by Gasteiger charge is 2.25. The molecule has 2 heterocycles. The molecule has 4 rings (SSSR count). The number of hydrogen-bond acceptors (Lipinski definition) is 4. The number of carbonyl (C=O) groups is 2. The van der Waals surface area contributed by atoms with Crippen molar-refractivity contribution in [3.05, 3.63) is 52.8 Å². The molecule has 34 heavy (non-hydrogen) atoms. The van der Waals surface area contributed by atoms with Crippen molar-refractivity contribution >= 4 is 11.8 Å². The third kappa shape index (κ3) is 6.47. The zero-order chi connectivity index (χ0) is 23.9. The van der Waals surface area contributed by atoms with Crippen LogP contribution in [0.3, 0.4) is 0 Å². The molecule has 184 valence electrons. The number of carbonyl (C=O) groups excluding carboxylic acids is 2. The predicted molar refractivity (Wildman–Crippen MR) is 133 cm³/mol. The van der Waals surface area contributed by atoms with Gasteiger partial charge in [-0.15, -0.1) is 0 Å². The molecule has 1 aliphatic heterocycles. The molecule has 1 saturated carbocycles. The first-order valence-electron chi connectivity index (χ1n) is 12.8. The van der Waals surface area contributed by atoms with E-state index in [0.29, 0.717) is 31.3 Å². The number of aryl methyl sites for hydroxylation is 1. The molecule has 7 nitrogen and oxygen atoms in total. The number of piperazine rings is 1. The van der Waals surface area contributed by atoms with Crippen LogP contribution in [0, 0.1) is 19.8 Å². The van der Waals surface area contributed by atoms with Crippen LogP contribution in [0.1, 0.15) is 61.0 Å². The molecule has 7 heteroatoms. The van der Waals surface area contributed by atoms with Gasteiger partial charge in [-0.05, 0) is 38.2 Å². The molecule has 2 aromatic rings. The van der Waals surface area contributed by atoms with E-state index in [1.54, 1.807) is 0 Å². The normalized spacial score (nSPS) is 17.6. The average Bonchev–Trinajstić information content (AvgIpc) is 3.11. The zero-order valence-corrected chi connectivity index (χ0v) is 20.8. The first kappa shape index (κ1) is 24.5. The van der Waals surface area contributed by atoms with Gasteiger partial charge in [-0.25, -0.2) is 0 Å². The number of benzene rings is 1. The standard InChI is InChI=1S/C27H39N5O2/c1-21-25(22(2)32(29-21)19-24-11-7-4-8-12-24)18-28-26(33)20-30-13-15-31(16-14-30)27(34)17-23-9-5-3-6-10-23/h4,7-8,11-12,23H,3,5-6,9-10,13-20H2,1-2H3,(H,28,33). The van der Waals surface area contributed by atoms with E-state index in [0.717, 1.165) is 49.7 Å². The summed E-state index contributed by atoms with van der Waals surface area (Å²) in [6, 6.07) is 10.3. The van der Waals surface area contributed by atoms with Crippen molar-refractivity contribution in [2.45, 2.75) is 65.5 Å². The van der Waals surface area contributed by atoms with Gasteiger partial charge in [-0.3, -0.25) is 19.2 Å². The molecule has 0 radical (unpaired) electrons. The lowest BCUT2D eigenvalue weighted by Crippen LogP contribution is -2.51. The van der Waals surface area contributed by atoms with E-state index in [1.165, 1.54) is 37.7 Å². The Morgan fingerprint density at radius 3 is 2.41 bits per heavy atom. The van der Waals surface area contributed by atoms with Crippen molar-refractivity contribution in [1.82, 2.24) is 24.9 Å². The van der Waals surface area contributed by atoms with Crippen LogP contribution in [0.15, 0.2) is 30.3 Å². The first-order chi connectivity index (χ1) is 16.5. The maximum Gasteiger partial charge on any atom is 0.234 e. The number of rotatable bonds is 8. The molecule has 2 fully saturated rings. The van der Waals surface area contributed by atoms with E-state index in [-0.39, 0.29) is 5.91 Å². The maximum atomic E-state index is 12.7. The van der Waals surface area contributed by atoms with Gasteiger partial charge in [-0.1, -0.05) is 49.6 Å². The molecule has 1 N–H and O–H groups in total. The molecule has 1 saturated heterocycles. The molecule has 0 atom stereocenters. The lowest BCUT2D eigenvalue weighted by Gasteiger charge is -2.35. The predicted octanol–water partition coefficient (Wildman–Crippen LogP) is 3.28. The SMILES string of the molecule is Cc1nn(Cc2ccccc2)c(C)c1CNC(=O)CN1CCN(C(=O)CC2CCCCC2)CC1. The van der Waals surface area contributed by atoms with E-state index < -0.39 is 0 Å². The van der Waals surface area contributed by atoms with Crippen LogP contribution in [0.4, 0.5) is 0 Å². The number of aromatic nitrogens is 2. The minimum absolute atomic E-state index is 0.0246. The molecule has 1 aliphatic carbocycles. The van der Waals surface area contributed by atoms with Gasteiger partial charge in [0.05, 0.1) is 18.8 Å². The van der Waals surface area contributed by atoms with Crippen LogP contribution in [-0.2, 0) is 22.7 Å². The van der Waals surface area contributed by atoms with Gasteiger partial charge in [0.15, 0.2) is 0 Å². The van der Waals surface area contributed by atoms with Crippen molar-refractivity contribution in [1.29, 1.82) is 0 Å². The Kier molecular flexibility index (Phi) is 8.38.